The Balaban J connectivity index is 1.85. The van der Waals surface area contributed by atoms with Gasteiger partial charge in [-0.3, -0.25) is 0 Å². The second-order valence-electron chi connectivity index (χ2n) is 7.39. The summed E-state index contributed by atoms with van der Waals surface area (Å²) in [7, 11) is 0. The second kappa shape index (κ2) is 8.62. The van der Waals surface area contributed by atoms with Gasteiger partial charge in [-0.2, -0.15) is 0 Å². The zero-order chi connectivity index (χ0) is 18.5. The topological polar surface area (TPSA) is 0 Å². The molecule has 1 aliphatic rings. The van der Waals surface area contributed by atoms with Crippen LogP contribution in [0, 0.1) is 17.6 Å². The Morgan fingerprint density at radius 2 is 1.58 bits per heavy atom. The Morgan fingerprint density at radius 3 is 2.19 bits per heavy atom. The maximum absolute atomic E-state index is 14.8. The van der Waals surface area contributed by atoms with Crippen LogP contribution >= 0.6 is 0 Å². The van der Waals surface area contributed by atoms with Crippen LogP contribution in [0.1, 0.15) is 63.5 Å². The van der Waals surface area contributed by atoms with E-state index in [9.17, 15) is 8.78 Å². The lowest BCUT2D eigenvalue weighted by Gasteiger charge is -2.22. The first-order chi connectivity index (χ1) is 12.6. The van der Waals surface area contributed by atoms with Crippen LogP contribution < -0.4 is 0 Å². The van der Waals surface area contributed by atoms with Gasteiger partial charge in [-0.15, -0.1) is 0 Å². The molecule has 0 amide bonds. The second-order valence-corrected chi connectivity index (χ2v) is 7.39. The third-order valence-corrected chi connectivity index (χ3v) is 5.45. The maximum Gasteiger partial charge on any atom is 0.167 e. The fraction of sp³-hybridized carbons (Fsp3) is 0.417. The summed E-state index contributed by atoms with van der Waals surface area (Å²) in [6.45, 7) is 4.33. The van der Waals surface area contributed by atoms with E-state index in [0.717, 1.165) is 43.2 Å². The average molecular weight is 354 g/mol. The van der Waals surface area contributed by atoms with E-state index >= 15 is 0 Å². The van der Waals surface area contributed by atoms with Crippen molar-refractivity contribution in [3.05, 3.63) is 65.2 Å². The SMILES string of the molecule is CCCc1ccc(-c2ccc(C3=CCC(CCC)CC3)c(F)c2F)cc1. The zero-order valence-corrected chi connectivity index (χ0v) is 15.8. The van der Waals surface area contributed by atoms with Gasteiger partial charge in [0.2, 0.25) is 0 Å². The molecule has 0 aromatic heterocycles. The highest BCUT2D eigenvalue weighted by atomic mass is 19.2. The molecule has 1 unspecified atom stereocenters. The average Bonchev–Trinajstić information content (AvgIpc) is 2.66. The first-order valence-electron chi connectivity index (χ1n) is 9.90. The highest BCUT2D eigenvalue weighted by molar-refractivity contribution is 5.72. The fourth-order valence-corrected chi connectivity index (χ4v) is 3.96. The van der Waals surface area contributed by atoms with Crippen molar-refractivity contribution in [2.24, 2.45) is 5.92 Å². The van der Waals surface area contributed by atoms with Crippen LogP contribution in [0.25, 0.3) is 16.7 Å². The van der Waals surface area contributed by atoms with Crippen LogP contribution in [0.5, 0.6) is 0 Å². The minimum absolute atomic E-state index is 0.342. The number of benzene rings is 2. The summed E-state index contributed by atoms with van der Waals surface area (Å²) in [5.41, 5.74) is 3.69. The standard InChI is InChI=1S/C24H28F2/c1-3-5-17-7-11-19(12-8-17)21-15-16-22(24(26)23(21)25)20-13-9-18(6-4-2)10-14-20/h7-8,11-13,15-16,18H,3-6,9-10,14H2,1-2H3. The van der Waals surface area contributed by atoms with E-state index in [4.69, 9.17) is 0 Å². The van der Waals surface area contributed by atoms with Crippen LogP contribution in [0.3, 0.4) is 0 Å². The highest BCUT2D eigenvalue weighted by Gasteiger charge is 2.20. The number of aryl methyl sites for hydroxylation is 1. The maximum atomic E-state index is 14.8. The van der Waals surface area contributed by atoms with Crippen molar-refractivity contribution in [3.8, 4) is 11.1 Å². The van der Waals surface area contributed by atoms with Crippen molar-refractivity contribution >= 4 is 5.57 Å². The van der Waals surface area contributed by atoms with E-state index in [-0.39, 0.29) is 0 Å². The largest absolute Gasteiger partial charge is 0.203 e. The Kier molecular flexibility index (Phi) is 6.24. The van der Waals surface area contributed by atoms with Crippen molar-refractivity contribution in [2.45, 2.75) is 58.8 Å². The van der Waals surface area contributed by atoms with Crippen LogP contribution in [0.15, 0.2) is 42.5 Å². The van der Waals surface area contributed by atoms with Crippen LogP contribution in [-0.2, 0) is 6.42 Å². The smallest absolute Gasteiger partial charge is 0.167 e. The summed E-state index contributed by atoms with van der Waals surface area (Å²) in [5, 5.41) is 0. The molecule has 0 N–H and O–H groups in total. The van der Waals surface area contributed by atoms with E-state index in [1.165, 1.54) is 18.4 Å². The van der Waals surface area contributed by atoms with Gasteiger partial charge in [-0.25, -0.2) is 8.78 Å². The molecule has 0 saturated carbocycles. The van der Waals surface area contributed by atoms with E-state index in [1.807, 2.05) is 24.3 Å². The quantitative estimate of drug-likeness (QED) is 0.502. The molecule has 26 heavy (non-hydrogen) atoms. The van der Waals surface area contributed by atoms with E-state index in [2.05, 4.69) is 19.9 Å². The van der Waals surface area contributed by atoms with Crippen LogP contribution in [0.4, 0.5) is 8.78 Å². The molecule has 3 rings (SSSR count). The molecule has 0 aliphatic heterocycles. The van der Waals surface area contributed by atoms with E-state index in [0.29, 0.717) is 17.0 Å². The molecule has 0 fully saturated rings. The third-order valence-electron chi connectivity index (χ3n) is 5.45. The summed E-state index contributed by atoms with van der Waals surface area (Å²) < 4.78 is 29.5. The third kappa shape index (κ3) is 4.06. The Morgan fingerprint density at radius 1 is 0.885 bits per heavy atom. The zero-order valence-electron chi connectivity index (χ0n) is 15.8. The predicted octanol–water partition coefficient (Wildman–Crippen LogP) is 7.57. The lowest BCUT2D eigenvalue weighted by Crippen LogP contribution is -2.06. The van der Waals surface area contributed by atoms with Gasteiger partial charge in [0.05, 0.1) is 0 Å². The van der Waals surface area contributed by atoms with E-state index in [1.54, 1.807) is 12.1 Å². The molecule has 1 atom stereocenters. The van der Waals surface area contributed by atoms with Crippen molar-refractivity contribution in [1.82, 2.24) is 0 Å². The Labute approximate surface area is 156 Å². The molecule has 2 heteroatoms. The molecular weight excluding hydrogens is 326 g/mol. The summed E-state index contributed by atoms with van der Waals surface area (Å²) in [5.74, 6) is -0.750. The molecule has 2 aromatic rings. The summed E-state index contributed by atoms with van der Waals surface area (Å²) in [4.78, 5) is 0. The number of rotatable bonds is 6. The Bertz CT molecular complexity index is 772. The number of allylic oxidation sites excluding steroid dienone is 2. The van der Waals surface area contributed by atoms with Crippen molar-refractivity contribution in [2.75, 3.05) is 0 Å². The van der Waals surface area contributed by atoms with Gasteiger partial charge in [0.1, 0.15) is 0 Å². The molecule has 2 aromatic carbocycles. The Hall–Kier alpha value is -1.96. The molecule has 0 radical (unpaired) electrons. The fourth-order valence-electron chi connectivity index (χ4n) is 3.96. The van der Waals surface area contributed by atoms with E-state index < -0.39 is 11.6 Å². The lowest BCUT2D eigenvalue weighted by molar-refractivity contribution is 0.443. The summed E-state index contributed by atoms with van der Waals surface area (Å²) in [6, 6.07) is 11.2. The van der Waals surface area contributed by atoms with Gasteiger partial charge >= 0.3 is 0 Å². The van der Waals surface area contributed by atoms with Gasteiger partial charge < -0.3 is 0 Å². The van der Waals surface area contributed by atoms with Crippen LogP contribution in [0.2, 0.25) is 0 Å². The minimum Gasteiger partial charge on any atom is -0.203 e. The number of halogens is 2. The monoisotopic (exact) mass is 354 g/mol. The van der Waals surface area contributed by atoms with Crippen LogP contribution in [-0.4, -0.2) is 0 Å². The minimum atomic E-state index is -0.734. The van der Waals surface area contributed by atoms with Gasteiger partial charge in [0, 0.05) is 11.1 Å². The first-order valence-corrected chi connectivity index (χ1v) is 9.90. The van der Waals surface area contributed by atoms with Crippen molar-refractivity contribution < 1.29 is 8.78 Å². The van der Waals surface area contributed by atoms with Crippen molar-refractivity contribution in [1.29, 1.82) is 0 Å². The van der Waals surface area contributed by atoms with Gasteiger partial charge in [0.15, 0.2) is 11.6 Å². The number of hydrogen-bond acceptors (Lipinski definition) is 0. The molecular formula is C24H28F2. The molecule has 0 saturated heterocycles. The highest BCUT2D eigenvalue weighted by Crippen LogP contribution is 2.36. The lowest BCUT2D eigenvalue weighted by atomic mass is 9.84. The van der Waals surface area contributed by atoms with Crippen molar-refractivity contribution in [3.63, 3.8) is 0 Å². The normalized spacial score (nSPS) is 17.2. The predicted molar refractivity (Wildman–Crippen MR) is 106 cm³/mol. The molecule has 0 bridgehead atoms. The number of hydrogen-bond donors (Lipinski definition) is 0. The molecule has 0 spiro atoms. The first kappa shape index (κ1) is 18.8. The van der Waals surface area contributed by atoms with Gasteiger partial charge in [-0.05, 0) is 48.3 Å². The van der Waals surface area contributed by atoms with Gasteiger partial charge in [-0.1, -0.05) is 75.6 Å². The molecule has 0 heterocycles. The molecule has 0 nitrogen and oxygen atoms in total. The molecule has 138 valence electrons. The summed E-state index contributed by atoms with van der Waals surface area (Å²) in [6.07, 6.45) is 9.48. The van der Waals surface area contributed by atoms with Gasteiger partial charge in [0.25, 0.3) is 0 Å². The molecule has 1 aliphatic carbocycles. The summed E-state index contributed by atoms with van der Waals surface area (Å²) >= 11 is 0.